The van der Waals surface area contributed by atoms with Crippen LogP contribution in [0.25, 0.3) is 0 Å². The summed E-state index contributed by atoms with van der Waals surface area (Å²) in [5.74, 6) is 1.05. The zero-order chi connectivity index (χ0) is 12.3. The quantitative estimate of drug-likeness (QED) is 0.845. The summed E-state index contributed by atoms with van der Waals surface area (Å²) in [6.07, 6.45) is 3.36. The Balaban J connectivity index is 2.09. The van der Waals surface area contributed by atoms with Crippen LogP contribution in [-0.4, -0.2) is 39.2 Å². The van der Waals surface area contributed by atoms with Crippen molar-refractivity contribution >= 4 is 5.69 Å². The molecule has 1 aliphatic rings. The van der Waals surface area contributed by atoms with E-state index in [1.54, 1.807) is 7.11 Å². The summed E-state index contributed by atoms with van der Waals surface area (Å²) in [5.41, 5.74) is 4.01. The van der Waals surface area contributed by atoms with Gasteiger partial charge in [0.15, 0.2) is 0 Å². The maximum atomic E-state index is 5.49. The van der Waals surface area contributed by atoms with Crippen LogP contribution in [0.2, 0.25) is 0 Å². The van der Waals surface area contributed by atoms with Gasteiger partial charge in [-0.25, -0.2) is 0 Å². The summed E-state index contributed by atoms with van der Waals surface area (Å²) in [5, 5.41) is 3.43. The molecule has 0 saturated carbocycles. The van der Waals surface area contributed by atoms with E-state index in [2.05, 4.69) is 36.4 Å². The highest BCUT2D eigenvalue weighted by Gasteiger charge is 2.14. The van der Waals surface area contributed by atoms with E-state index in [9.17, 15) is 0 Å². The normalized spacial score (nSPS) is 13.6. The minimum absolute atomic E-state index is 1.05. The fourth-order valence-electron chi connectivity index (χ4n) is 2.34. The predicted molar refractivity (Wildman–Crippen MR) is 72.1 cm³/mol. The molecule has 1 aromatic carbocycles. The van der Waals surface area contributed by atoms with Gasteiger partial charge in [0.25, 0.3) is 0 Å². The van der Waals surface area contributed by atoms with Crippen LogP contribution in [-0.2, 0) is 12.8 Å². The Bertz CT molecular complexity index is 388. The molecule has 0 unspecified atom stereocenters. The third-order valence-corrected chi connectivity index (χ3v) is 3.27. The highest BCUT2D eigenvalue weighted by Crippen LogP contribution is 2.31. The van der Waals surface area contributed by atoms with Gasteiger partial charge in [-0.2, -0.15) is 0 Å². The molecule has 0 spiro atoms. The van der Waals surface area contributed by atoms with E-state index in [0.29, 0.717) is 0 Å². The van der Waals surface area contributed by atoms with Crippen LogP contribution in [0.4, 0.5) is 5.69 Å². The summed E-state index contributed by atoms with van der Waals surface area (Å²) < 4.78 is 5.49. The number of methoxy groups -OCH3 is 1. The summed E-state index contributed by atoms with van der Waals surface area (Å²) in [7, 11) is 5.99. The number of anilines is 1. The number of nitrogens with one attached hydrogen (secondary N) is 1. The number of fused-ring (bicyclic) bond motifs is 1. The Kier molecular flexibility index (Phi) is 3.89. The summed E-state index contributed by atoms with van der Waals surface area (Å²) in [4.78, 5) is 2.22. The van der Waals surface area contributed by atoms with Gasteiger partial charge in [-0.15, -0.1) is 0 Å². The molecule has 0 atom stereocenters. The summed E-state index contributed by atoms with van der Waals surface area (Å²) in [6, 6.07) is 4.46. The van der Waals surface area contributed by atoms with Gasteiger partial charge in [-0.3, -0.25) is 0 Å². The van der Waals surface area contributed by atoms with Gasteiger partial charge in [0, 0.05) is 12.2 Å². The summed E-state index contributed by atoms with van der Waals surface area (Å²) in [6.45, 7) is 2.17. The molecule has 2 rings (SSSR count). The number of ether oxygens (including phenoxy) is 1. The molecular weight excluding hydrogens is 212 g/mol. The average molecular weight is 234 g/mol. The van der Waals surface area contributed by atoms with Crippen LogP contribution in [0.15, 0.2) is 12.1 Å². The lowest BCUT2D eigenvalue weighted by molar-refractivity contribution is 0.391. The largest absolute Gasteiger partial charge is 0.496 e. The molecule has 0 amide bonds. The molecule has 0 bridgehead atoms. The summed E-state index contributed by atoms with van der Waals surface area (Å²) >= 11 is 0. The van der Waals surface area contributed by atoms with Gasteiger partial charge in [-0.1, -0.05) is 0 Å². The van der Waals surface area contributed by atoms with Crippen molar-refractivity contribution in [3.8, 4) is 5.75 Å². The zero-order valence-corrected chi connectivity index (χ0v) is 11.0. The van der Waals surface area contributed by atoms with Crippen molar-refractivity contribution in [3.05, 3.63) is 23.3 Å². The molecule has 0 radical (unpaired) electrons. The first kappa shape index (κ1) is 12.2. The smallest absolute Gasteiger partial charge is 0.122 e. The number of benzene rings is 1. The fraction of sp³-hybridized carbons (Fsp3) is 0.571. The van der Waals surface area contributed by atoms with Gasteiger partial charge in [0.2, 0.25) is 0 Å². The molecule has 0 fully saturated rings. The van der Waals surface area contributed by atoms with E-state index in [1.807, 2.05) is 0 Å². The first-order chi connectivity index (χ1) is 8.20. The van der Waals surface area contributed by atoms with Crippen LogP contribution in [0.3, 0.4) is 0 Å². The second-order valence-corrected chi connectivity index (χ2v) is 4.90. The molecule has 3 nitrogen and oxygen atoms in total. The molecule has 0 saturated heterocycles. The monoisotopic (exact) mass is 234 g/mol. The lowest BCUT2D eigenvalue weighted by atomic mass is 10.0. The minimum atomic E-state index is 1.05. The van der Waals surface area contributed by atoms with E-state index < -0.39 is 0 Å². The minimum Gasteiger partial charge on any atom is -0.496 e. The lowest BCUT2D eigenvalue weighted by Crippen LogP contribution is -2.13. The number of nitrogens with zero attached hydrogens (tertiary/aromatic N) is 1. The van der Waals surface area contributed by atoms with Crippen molar-refractivity contribution in [2.45, 2.75) is 19.3 Å². The Labute approximate surface area is 104 Å². The molecule has 3 heteroatoms. The second-order valence-electron chi connectivity index (χ2n) is 4.90. The van der Waals surface area contributed by atoms with Crippen LogP contribution < -0.4 is 10.1 Å². The van der Waals surface area contributed by atoms with Crippen LogP contribution in [0.5, 0.6) is 5.75 Å². The van der Waals surface area contributed by atoms with Crippen LogP contribution >= 0.6 is 0 Å². The van der Waals surface area contributed by atoms with Gasteiger partial charge >= 0.3 is 0 Å². The highest BCUT2D eigenvalue weighted by molar-refractivity contribution is 5.60. The van der Waals surface area contributed by atoms with Gasteiger partial charge in [0.05, 0.1) is 7.11 Å². The Morgan fingerprint density at radius 3 is 2.88 bits per heavy atom. The maximum Gasteiger partial charge on any atom is 0.122 e. The molecule has 94 valence electrons. The van der Waals surface area contributed by atoms with Gasteiger partial charge in [0.1, 0.15) is 5.75 Å². The molecule has 1 aromatic rings. The van der Waals surface area contributed by atoms with Gasteiger partial charge < -0.3 is 15.0 Å². The Hall–Kier alpha value is -1.22. The Morgan fingerprint density at radius 1 is 1.35 bits per heavy atom. The molecule has 1 aliphatic heterocycles. The van der Waals surface area contributed by atoms with Crippen molar-refractivity contribution in [2.75, 3.05) is 39.6 Å². The van der Waals surface area contributed by atoms with E-state index in [4.69, 9.17) is 4.74 Å². The molecule has 17 heavy (non-hydrogen) atoms. The third-order valence-electron chi connectivity index (χ3n) is 3.27. The molecule has 1 N–H and O–H groups in total. The maximum absolute atomic E-state index is 5.49. The van der Waals surface area contributed by atoms with Crippen molar-refractivity contribution in [2.24, 2.45) is 0 Å². The SMILES string of the molecule is COc1cc2c(cc1CCCN(C)C)NCC2. The van der Waals surface area contributed by atoms with E-state index >= 15 is 0 Å². The van der Waals surface area contributed by atoms with Crippen molar-refractivity contribution in [1.82, 2.24) is 4.90 Å². The number of hydrogen-bond acceptors (Lipinski definition) is 3. The highest BCUT2D eigenvalue weighted by atomic mass is 16.5. The van der Waals surface area contributed by atoms with Crippen molar-refractivity contribution in [3.63, 3.8) is 0 Å². The number of rotatable bonds is 5. The zero-order valence-electron chi connectivity index (χ0n) is 11.0. The molecule has 0 aliphatic carbocycles. The number of hydrogen-bond donors (Lipinski definition) is 1. The average Bonchev–Trinajstić information content (AvgIpc) is 2.74. The predicted octanol–water partition coefficient (Wildman–Crippen LogP) is 2.16. The van der Waals surface area contributed by atoms with E-state index in [1.165, 1.54) is 23.2 Å². The number of aryl methyl sites for hydroxylation is 1. The van der Waals surface area contributed by atoms with E-state index in [-0.39, 0.29) is 0 Å². The standard InChI is InChI=1S/C14H22N2O/c1-16(2)8-4-5-12-9-13-11(6-7-15-13)10-14(12)17-3/h9-10,15H,4-8H2,1-3H3. The topological polar surface area (TPSA) is 24.5 Å². The second kappa shape index (κ2) is 5.41. The van der Waals surface area contributed by atoms with Crippen molar-refractivity contribution in [1.29, 1.82) is 0 Å². The first-order valence-electron chi connectivity index (χ1n) is 6.29. The van der Waals surface area contributed by atoms with E-state index in [0.717, 1.165) is 31.7 Å². The molecule has 1 heterocycles. The first-order valence-corrected chi connectivity index (χ1v) is 6.29. The Morgan fingerprint density at radius 2 is 2.18 bits per heavy atom. The third kappa shape index (κ3) is 2.91. The lowest BCUT2D eigenvalue weighted by Gasteiger charge is -2.13. The molecule has 0 aromatic heterocycles. The van der Waals surface area contributed by atoms with Crippen LogP contribution in [0.1, 0.15) is 17.5 Å². The van der Waals surface area contributed by atoms with Gasteiger partial charge in [-0.05, 0) is 63.2 Å². The fourth-order valence-corrected chi connectivity index (χ4v) is 2.34. The van der Waals surface area contributed by atoms with Crippen LogP contribution in [0, 0.1) is 0 Å². The van der Waals surface area contributed by atoms with Crippen molar-refractivity contribution < 1.29 is 4.74 Å². The molecular formula is C14H22N2O.